The number of nitrogens with zero attached hydrogens (tertiary/aromatic N) is 3. The highest BCUT2D eigenvalue weighted by Crippen LogP contribution is 2.31. The molecule has 1 aromatic rings. The quantitative estimate of drug-likeness (QED) is 0.761. The second-order valence-corrected chi connectivity index (χ2v) is 8.09. The summed E-state index contributed by atoms with van der Waals surface area (Å²) in [5.74, 6) is 1.27. The van der Waals surface area contributed by atoms with Gasteiger partial charge in [-0.25, -0.2) is 0 Å². The number of ether oxygens (including phenoxy) is 1. The number of carbonyl (C=O) groups is 2. The van der Waals surface area contributed by atoms with Crippen LogP contribution in [0.3, 0.4) is 0 Å². The van der Waals surface area contributed by atoms with Crippen LogP contribution in [0.25, 0.3) is 0 Å². The fourth-order valence-electron chi connectivity index (χ4n) is 4.46. The van der Waals surface area contributed by atoms with Gasteiger partial charge in [0.15, 0.2) is 0 Å². The number of amides is 2. The summed E-state index contributed by atoms with van der Waals surface area (Å²) >= 11 is 0. The Hall–Kier alpha value is -2.08. The Kier molecular flexibility index (Phi) is 7.92. The third kappa shape index (κ3) is 5.72. The Balaban J connectivity index is 1.65. The van der Waals surface area contributed by atoms with Crippen LogP contribution in [-0.2, 0) is 9.59 Å². The standard InChI is InChI=1S/C23H35N3O3/c1-3-22(27)25-14-7-13-24(16-17-25)18-23(28)26-15-6-4-5-8-21(26)19-9-11-20(29-2)12-10-19/h9-12,21H,3-8,13-18H2,1-2H3. The summed E-state index contributed by atoms with van der Waals surface area (Å²) in [5.41, 5.74) is 1.19. The van der Waals surface area contributed by atoms with E-state index in [1.807, 2.05) is 24.0 Å². The Bertz CT molecular complexity index is 676. The first kappa shape index (κ1) is 21.6. The van der Waals surface area contributed by atoms with E-state index in [0.717, 1.165) is 64.2 Å². The first-order valence-corrected chi connectivity index (χ1v) is 11.1. The van der Waals surface area contributed by atoms with Crippen LogP contribution in [0.5, 0.6) is 5.75 Å². The summed E-state index contributed by atoms with van der Waals surface area (Å²) in [5, 5.41) is 0. The fourth-order valence-corrected chi connectivity index (χ4v) is 4.46. The van der Waals surface area contributed by atoms with Gasteiger partial charge < -0.3 is 14.5 Å². The Labute approximate surface area is 174 Å². The Morgan fingerprint density at radius 1 is 0.931 bits per heavy atom. The minimum atomic E-state index is 0.140. The number of benzene rings is 1. The zero-order valence-electron chi connectivity index (χ0n) is 17.9. The molecule has 2 fully saturated rings. The smallest absolute Gasteiger partial charge is 0.237 e. The maximum absolute atomic E-state index is 13.3. The third-order valence-corrected chi connectivity index (χ3v) is 6.18. The zero-order chi connectivity index (χ0) is 20.6. The zero-order valence-corrected chi connectivity index (χ0v) is 17.9. The van der Waals surface area contributed by atoms with Crippen LogP contribution in [0.4, 0.5) is 0 Å². The minimum absolute atomic E-state index is 0.140. The van der Waals surface area contributed by atoms with Gasteiger partial charge in [-0.05, 0) is 37.0 Å². The van der Waals surface area contributed by atoms with Gasteiger partial charge in [0, 0.05) is 39.1 Å². The molecular formula is C23H35N3O3. The Morgan fingerprint density at radius 2 is 1.72 bits per heavy atom. The maximum Gasteiger partial charge on any atom is 0.237 e. The van der Waals surface area contributed by atoms with Crippen LogP contribution in [-0.4, -0.2) is 72.9 Å². The van der Waals surface area contributed by atoms with Gasteiger partial charge in [-0.15, -0.1) is 0 Å². The second kappa shape index (κ2) is 10.6. The molecule has 0 radical (unpaired) electrons. The molecule has 0 N–H and O–H groups in total. The van der Waals surface area contributed by atoms with E-state index >= 15 is 0 Å². The van der Waals surface area contributed by atoms with E-state index in [4.69, 9.17) is 4.74 Å². The average Bonchev–Trinajstić information content (AvgIpc) is 3.14. The molecular weight excluding hydrogens is 366 g/mol. The molecule has 1 aromatic carbocycles. The fraction of sp³-hybridized carbons (Fsp3) is 0.652. The minimum Gasteiger partial charge on any atom is -0.497 e. The van der Waals surface area contributed by atoms with Crippen LogP contribution in [0.1, 0.15) is 57.1 Å². The number of carbonyl (C=O) groups excluding carboxylic acids is 2. The lowest BCUT2D eigenvalue weighted by molar-refractivity contribution is -0.134. The van der Waals surface area contributed by atoms with Crippen LogP contribution >= 0.6 is 0 Å². The highest BCUT2D eigenvalue weighted by Gasteiger charge is 2.28. The topological polar surface area (TPSA) is 53.1 Å². The van der Waals surface area contributed by atoms with Crippen LogP contribution in [0.2, 0.25) is 0 Å². The van der Waals surface area contributed by atoms with E-state index in [2.05, 4.69) is 21.9 Å². The van der Waals surface area contributed by atoms with E-state index < -0.39 is 0 Å². The first-order chi connectivity index (χ1) is 14.1. The summed E-state index contributed by atoms with van der Waals surface area (Å²) in [6.45, 7) is 6.36. The molecule has 0 saturated carbocycles. The summed E-state index contributed by atoms with van der Waals surface area (Å²) in [4.78, 5) is 31.5. The molecule has 160 valence electrons. The Morgan fingerprint density at radius 3 is 2.45 bits per heavy atom. The van der Waals surface area contributed by atoms with Crippen molar-refractivity contribution in [3.63, 3.8) is 0 Å². The van der Waals surface area contributed by atoms with Crippen molar-refractivity contribution >= 4 is 11.8 Å². The molecule has 0 spiro atoms. The first-order valence-electron chi connectivity index (χ1n) is 11.1. The highest BCUT2D eigenvalue weighted by atomic mass is 16.5. The molecule has 6 heteroatoms. The van der Waals surface area contributed by atoms with Gasteiger partial charge in [0.05, 0.1) is 19.7 Å². The molecule has 2 aliphatic heterocycles. The van der Waals surface area contributed by atoms with Crippen LogP contribution < -0.4 is 4.74 Å². The van der Waals surface area contributed by atoms with Crippen molar-refractivity contribution in [2.75, 3.05) is 46.4 Å². The predicted molar refractivity (Wildman–Crippen MR) is 114 cm³/mol. The van der Waals surface area contributed by atoms with Gasteiger partial charge in [0.1, 0.15) is 5.75 Å². The highest BCUT2D eigenvalue weighted by molar-refractivity contribution is 5.79. The van der Waals surface area contributed by atoms with E-state index in [0.29, 0.717) is 13.0 Å². The second-order valence-electron chi connectivity index (χ2n) is 8.09. The van der Waals surface area contributed by atoms with Crippen molar-refractivity contribution in [3.05, 3.63) is 29.8 Å². The normalized spacial score (nSPS) is 21.4. The molecule has 1 atom stereocenters. The molecule has 0 aliphatic carbocycles. The van der Waals surface area contributed by atoms with Crippen molar-refractivity contribution in [1.29, 1.82) is 0 Å². The molecule has 29 heavy (non-hydrogen) atoms. The lowest BCUT2D eigenvalue weighted by atomic mass is 10.0. The summed E-state index contributed by atoms with van der Waals surface area (Å²) in [6, 6.07) is 8.29. The number of rotatable bonds is 5. The largest absolute Gasteiger partial charge is 0.497 e. The lowest BCUT2D eigenvalue weighted by Gasteiger charge is -2.32. The molecule has 2 heterocycles. The molecule has 0 aromatic heterocycles. The van der Waals surface area contributed by atoms with Crippen molar-refractivity contribution in [3.8, 4) is 5.75 Å². The van der Waals surface area contributed by atoms with Gasteiger partial charge in [-0.1, -0.05) is 31.9 Å². The number of likely N-dealkylation sites (tertiary alicyclic amines) is 1. The van der Waals surface area contributed by atoms with Crippen LogP contribution in [0.15, 0.2) is 24.3 Å². The van der Waals surface area contributed by atoms with Gasteiger partial charge >= 0.3 is 0 Å². The summed E-state index contributed by atoms with van der Waals surface area (Å²) in [7, 11) is 1.67. The monoisotopic (exact) mass is 401 g/mol. The number of hydrogen-bond acceptors (Lipinski definition) is 4. The van der Waals surface area contributed by atoms with Crippen LogP contribution in [0, 0.1) is 0 Å². The van der Waals surface area contributed by atoms with Gasteiger partial charge in [-0.2, -0.15) is 0 Å². The van der Waals surface area contributed by atoms with Crippen molar-refractivity contribution in [2.45, 2.75) is 51.5 Å². The lowest BCUT2D eigenvalue weighted by Crippen LogP contribution is -2.43. The molecule has 2 aliphatic rings. The van der Waals surface area contributed by atoms with Crippen molar-refractivity contribution < 1.29 is 14.3 Å². The molecule has 0 bridgehead atoms. The molecule has 3 rings (SSSR count). The van der Waals surface area contributed by atoms with E-state index in [9.17, 15) is 9.59 Å². The summed E-state index contributed by atoms with van der Waals surface area (Å²) in [6.07, 6.45) is 5.89. The number of methoxy groups -OCH3 is 1. The van der Waals surface area contributed by atoms with Crippen molar-refractivity contribution in [1.82, 2.24) is 14.7 Å². The molecule has 2 amide bonds. The molecule has 1 unspecified atom stereocenters. The van der Waals surface area contributed by atoms with E-state index in [1.54, 1.807) is 7.11 Å². The third-order valence-electron chi connectivity index (χ3n) is 6.18. The van der Waals surface area contributed by atoms with Gasteiger partial charge in [0.2, 0.25) is 11.8 Å². The maximum atomic E-state index is 13.3. The molecule has 6 nitrogen and oxygen atoms in total. The van der Waals surface area contributed by atoms with E-state index in [1.165, 1.54) is 12.0 Å². The molecule has 2 saturated heterocycles. The number of hydrogen-bond donors (Lipinski definition) is 0. The summed E-state index contributed by atoms with van der Waals surface area (Å²) < 4.78 is 5.29. The van der Waals surface area contributed by atoms with Crippen molar-refractivity contribution in [2.24, 2.45) is 0 Å². The van der Waals surface area contributed by atoms with Gasteiger partial charge in [-0.3, -0.25) is 14.5 Å². The predicted octanol–water partition coefficient (Wildman–Crippen LogP) is 3.08. The SMILES string of the molecule is CCC(=O)N1CCCN(CC(=O)N2CCCCCC2c2ccc(OC)cc2)CC1. The van der Waals surface area contributed by atoms with E-state index in [-0.39, 0.29) is 17.9 Å². The average molecular weight is 402 g/mol. The van der Waals surface area contributed by atoms with Gasteiger partial charge in [0.25, 0.3) is 0 Å².